The molecule has 46 heavy (non-hydrogen) atoms. The van der Waals surface area contributed by atoms with Crippen LogP contribution in [0.5, 0.6) is 0 Å². The average Bonchev–Trinajstić information content (AvgIpc) is 3.84. The lowest BCUT2D eigenvalue weighted by molar-refractivity contribution is -0.121. The molecule has 5 heterocycles. The van der Waals surface area contributed by atoms with Crippen LogP contribution < -0.4 is 10.6 Å². The van der Waals surface area contributed by atoms with E-state index >= 15 is 0 Å². The molecule has 0 bridgehead atoms. The first-order valence-electron chi connectivity index (χ1n) is 15.8. The van der Waals surface area contributed by atoms with E-state index in [0.717, 1.165) is 76.1 Å². The Kier molecular flexibility index (Phi) is 7.26. The van der Waals surface area contributed by atoms with Crippen molar-refractivity contribution in [2.75, 3.05) is 19.8 Å². The number of H-pyrrole nitrogens is 2. The molecule has 3 aliphatic rings. The summed E-state index contributed by atoms with van der Waals surface area (Å²) in [5.74, 6) is 1.10. The molecule has 5 N–H and O–H groups in total. The smallest absolute Gasteiger partial charge is 0.404 e. The third-order valence-corrected chi connectivity index (χ3v) is 9.59. The lowest BCUT2D eigenvalue weighted by Crippen LogP contribution is -2.44. The number of imidazole rings is 2. The van der Waals surface area contributed by atoms with E-state index in [1.165, 1.54) is 0 Å². The summed E-state index contributed by atoms with van der Waals surface area (Å²) in [6.07, 6.45) is 6.31. The van der Waals surface area contributed by atoms with E-state index in [1.807, 2.05) is 18.6 Å². The molecule has 1 aliphatic carbocycles. The zero-order valence-corrected chi connectivity index (χ0v) is 25.2. The number of nitrogens with one attached hydrogen (secondary N) is 4. The molecule has 8 rings (SSSR count). The number of benzene rings is 2. The van der Waals surface area contributed by atoms with Crippen LogP contribution >= 0.6 is 0 Å². The van der Waals surface area contributed by atoms with Crippen LogP contribution in [-0.4, -0.2) is 67.3 Å². The van der Waals surface area contributed by atoms with Gasteiger partial charge in [0, 0.05) is 43.4 Å². The Bertz CT molecular complexity index is 1880. The number of morpholine rings is 1. The fourth-order valence-electron chi connectivity index (χ4n) is 7.27. The van der Waals surface area contributed by atoms with Crippen LogP contribution in [0.25, 0.3) is 33.6 Å². The van der Waals surface area contributed by atoms with Gasteiger partial charge in [0.05, 0.1) is 49.0 Å². The van der Waals surface area contributed by atoms with Crippen LogP contribution in [0.2, 0.25) is 0 Å². The SMILES string of the molecule is O=C(O)N[C@H]1CCc2ccn3c2C1C(=O)C[C@H](c1ncc(-c2ccc(-c4ccc(-c5cnc([C@@H]6COCCN6)[nH]5)cc4)cc2)[nH]1)C3. The molecule has 0 spiro atoms. The number of amides is 1. The zero-order chi connectivity index (χ0) is 31.2. The van der Waals surface area contributed by atoms with Gasteiger partial charge in [0.1, 0.15) is 17.4 Å². The van der Waals surface area contributed by atoms with Crippen LogP contribution in [0.1, 0.15) is 53.6 Å². The predicted molar refractivity (Wildman–Crippen MR) is 171 cm³/mol. The zero-order valence-electron chi connectivity index (χ0n) is 25.2. The molecule has 1 unspecified atom stereocenters. The lowest BCUT2D eigenvalue weighted by atomic mass is 9.79. The normalized spacial score (nSPS) is 22.7. The number of rotatable bonds is 6. The second-order valence-corrected chi connectivity index (χ2v) is 12.4. The Morgan fingerprint density at radius 3 is 2.22 bits per heavy atom. The summed E-state index contributed by atoms with van der Waals surface area (Å²) in [5.41, 5.74) is 8.26. The minimum Gasteiger partial charge on any atom is -0.465 e. The van der Waals surface area contributed by atoms with Gasteiger partial charge in [-0.1, -0.05) is 48.5 Å². The van der Waals surface area contributed by atoms with Gasteiger partial charge in [0.15, 0.2) is 0 Å². The van der Waals surface area contributed by atoms with Gasteiger partial charge in [-0.25, -0.2) is 14.8 Å². The number of aromatic nitrogens is 5. The number of aromatic amines is 2. The Labute approximate surface area is 265 Å². The Morgan fingerprint density at radius 2 is 1.57 bits per heavy atom. The average molecular weight is 618 g/mol. The molecule has 3 aromatic heterocycles. The van der Waals surface area contributed by atoms with E-state index in [9.17, 15) is 14.7 Å². The highest BCUT2D eigenvalue weighted by molar-refractivity contribution is 5.88. The van der Waals surface area contributed by atoms with Crippen molar-refractivity contribution in [3.63, 3.8) is 0 Å². The molecule has 0 saturated carbocycles. The molecular weight excluding hydrogens is 582 g/mol. The van der Waals surface area contributed by atoms with Gasteiger partial charge >= 0.3 is 6.09 Å². The van der Waals surface area contributed by atoms with Crippen LogP contribution in [0, 0.1) is 0 Å². The van der Waals surface area contributed by atoms with Gasteiger partial charge in [-0.3, -0.25) is 4.79 Å². The van der Waals surface area contributed by atoms with E-state index in [4.69, 9.17) is 9.72 Å². The molecule has 1 saturated heterocycles. The van der Waals surface area contributed by atoms with E-state index < -0.39 is 18.1 Å². The number of ether oxygens (including phenoxy) is 1. The number of Topliss-reactive ketones (excluding diaryl/α,β-unsaturated/α-hetero) is 1. The van der Waals surface area contributed by atoms with Crippen molar-refractivity contribution in [3.05, 3.63) is 96.1 Å². The number of hydrogen-bond acceptors (Lipinski definition) is 6. The summed E-state index contributed by atoms with van der Waals surface area (Å²) >= 11 is 0. The summed E-state index contributed by atoms with van der Waals surface area (Å²) < 4.78 is 7.69. The first kappa shape index (κ1) is 28.5. The minimum atomic E-state index is -1.09. The van der Waals surface area contributed by atoms with Gasteiger partial charge in [-0.2, -0.15) is 0 Å². The number of ketones is 1. The monoisotopic (exact) mass is 617 g/mol. The summed E-state index contributed by atoms with van der Waals surface area (Å²) in [4.78, 5) is 41.2. The molecule has 4 atom stereocenters. The Morgan fingerprint density at radius 1 is 0.913 bits per heavy atom. The van der Waals surface area contributed by atoms with Gasteiger partial charge < -0.3 is 35.0 Å². The molecule has 1 amide bonds. The molecule has 11 heteroatoms. The summed E-state index contributed by atoms with van der Waals surface area (Å²) in [5, 5.41) is 15.4. The largest absolute Gasteiger partial charge is 0.465 e. The van der Waals surface area contributed by atoms with Crippen molar-refractivity contribution < 1.29 is 19.4 Å². The molecule has 11 nitrogen and oxygen atoms in total. The summed E-state index contributed by atoms with van der Waals surface area (Å²) in [7, 11) is 0. The van der Waals surface area contributed by atoms with Crippen molar-refractivity contribution in [2.45, 2.75) is 49.7 Å². The fourth-order valence-corrected chi connectivity index (χ4v) is 7.27. The van der Waals surface area contributed by atoms with Crippen molar-refractivity contribution in [1.82, 2.24) is 35.1 Å². The van der Waals surface area contributed by atoms with E-state index in [0.29, 0.717) is 26.0 Å². The number of carbonyl (C=O) groups is 2. The number of hydrogen-bond donors (Lipinski definition) is 5. The topological polar surface area (TPSA) is 150 Å². The van der Waals surface area contributed by atoms with Crippen molar-refractivity contribution in [1.29, 1.82) is 0 Å². The highest BCUT2D eigenvalue weighted by atomic mass is 16.5. The summed E-state index contributed by atoms with van der Waals surface area (Å²) in [6.45, 7) is 2.78. The van der Waals surface area contributed by atoms with Crippen molar-refractivity contribution >= 4 is 11.9 Å². The third kappa shape index (κ3) is 5.31. The predicted octanol–water partition coefficient (Wildman–Crippen LogP) is 5.02. The Balaban J connectivity index is 0.969. The highest BCUT2D eigenvalue weighted by Crippen LogP contribution is 2.40. The maximum absolute atomic E-state index is 13.6. The number of carbonyl (C=O) groups excluding carboxylic acids is 1. The van der Waals surface area contributed by atoms with Crippen molar-refractivity contribution in [3.8, 4) is 33.6 Å². The van der Waals surface area contributed by atoms with Gasteiger partial charge in [0.2, 0.25) is 0 Å². The first-order valence-corrected chi connectivity index (χ1v) is 15.8. The molecule has 0 radical (unpaired) electrons. The minimum absolute atomic E-state index is 0.0549. The van der Waals surface area contributed by atoms with E-state index in [2.05, 4.69) is 84.7 Å². The quantitative estimate of drug-likeness (QED) is 0.180. The fraction of sp³-hybridized carbons (Fsp3) is 0.314. The first-order chi connectivity index (χ1) is 22.5. The van der Waals surface area contributed by atoms with Crippen LogP contribution in [0.4, 0.5) is 4.79 Å². The van der Waals surface area contributed by atoms with Gasteiger partial charge in [0.25, 0.3) is 0 Å². The molecule has 2 aliphatic heterocycles. The number of carboxylic acid groups (broad SMARTS) is 1. The molecule has 2 aromatic carbocycles. The maximum Gasteiger partial charge on any atom is 0.404 e. The lowest BCUT2D eigenvalue weighted by Gasteiger charge is -2.31. The van der Waals surface area contributed by atoms with Crippen molar-refractivity contribution in [2.24, 2.45) is 0 Å². The molecule has 5 aromatic rings. The van der Waals surface area contributed by atoms with Crippen LogP contribution in [0.15, 0.2) is 73.2 Å². The maximum atomic E-state index is 13.6. The van der Waals surface area contributed by atoms with Gasteiger partial charge in [-0.15, -0.1) is 0 Å². The molecular formula is C35H35N7O4. The van der Waals surface area contributed by atoms with Crippen LogP contribution in [-0.2, 0) is 22.5 Å². The highest BCUT2D eigenvalue weighted by Gasteiger charge is 2.41. The van der Waals surface area contributed by atoms with Crippen LogP contribution in [0.3, 0.4) is 0 Å². The molecule has 1 fully saturated rings. The second kappa shape index (κ2) is 11.7. The second-order valence-electron chi connectivity index (χ2n) is 12.4. The molecule has 234 valence electrons. The number of nitrogens with zero attached hydrogens (tertiary/aromatic N) is 3. The van der Waals surface area contributed by atoms with Gasteiger partial charge in [-0.05, 0) is 46.7 Å². The standard InChI is InChI=1S/C35H35N7O4/c43-30-15-25(18-42-13-11-24-9-10-26(41-35(44)45)31(30)32(24)42)33-37-16-27(39-33)22-5-1-20(2-6-22)21-3-7-23(8-4-21)28-17-38-34(40-28)29-19-46-14-12-36-29/h1-8,11,13,16-17,25-26,29,31,36,41H,9-10,12,14-15,18-19H2,(H,37,39)(H,38,40)(H,44,45)/t25-,26-,29-,31?/m0/s1. The summed E-state index contributed by atoms with van der Waals surface area (Å²) in [6, 6.07) is 18.5. The van der Waals surface area contributed by atoms with E-state index in [-0.39, 0.29) is 17.7 Å². The third-order valence-electron chi connectivity index (χ3n) is 9.59. The van der Waals surface area contributed by atoms with E-state index in [1.54, 1.807) is 0 Å². The Hall–Kier alpha value is -5.00. The number of aryl methyl sites for hydroxylation is 1.